The van der Waals surface area contributed by atoms with Gasteiger partial charge in [-0.1, -0.05) is 84.4 Å². The van der Waals surface area contributed by atoms with Gasteiger partial charge in [0.1, 0.15) is 16.7 Å². The van der Waals surface area contributed by atoms with Gasteiger partial charge in [-0.25, -0.2) is 0 Å². The number of amides is 3. The van der Waals surface area contributed by atoms with Gasteiger partial charge in [0.2, 0.25) is 5.91 Å². The first-order valence-electron chi connectivity index (χ1n) is 15.2. The lowest BCUT2D eigenvalue weighted by atomic mass is 10.1. The summed E-state index contributed by atoms with van der Waals surface area (Å²) in [6.45, 7) is 4.44. The Kier molecular flexibility index (Phi) is 11.2. The van der Waals surface area contributed by atoms with Crippen LogP contribution in [-0.2, 0) is 9.59 Å². The molecule has 236 valence electrons. The Morgan fingerprint density at radius 1 is 0.745 bits per heavy atom. The minimum absolute atomic E-state index is 0.0967. The predicted molar refractivity (Wildman–Crippen MR) is 189 cm³/mol. The summed E-state index contributed by atoms with van der Waals surface area (Å²) in [6, 6.07) is 40.5. The normalized spacial score (nSPS) is 11.7. The second kappa shape index (κ2) is 16.1. The lowest BCUT2D eigenvalue weighted by Gasteiger charge is -2.18. The fourth-order valence-electron chi connectivity index (χ4n) is 4.76. The van der Waals surface area contributed by atoms with Gasteiger partial charge in [0, 0.05) is 21.8 Å². The van der Waals surface area contributed by atoms with E-state index in [9.17, 15) is 14.4 Å². The monoisotopic (exact) mass is 641 g/mol. The number of carbonyl (C=O) groups excluding carboxylic acids is 3. The zero-order valence-electron chi connectivity index (χ0n) is 26.1. The number of ether oxygens (including phenoxy) is 1. The Balaban J connectivity index is 1.36. The van der Waals surface area contributed by atoms with Crippen LogP contribution in [0.25, 0.3) is 6.08 Å². The minimum atomic E-state index is -0.573. The smallest absolute Gasteiger partial charge is 0.272 e. The highest BCUT2D eigenvalue weighted by molar-refractivity contribution is 8.00. The number of anilines is 2. The van der Waals surface area contributed by atoms with Crippen molar-refractivity contribution in [3.8, 4) is 5.75 Å². The molecule has 0 bridgehead atoms. The molecule has 8 heteroatoms. The first-order chi connectivity index (χ1) is 22.9. The molecule has 5 aromatic carbocycles. The molecule has 0 saturated carbocycles. The number of rotatable bonds is 12. The lowest BCUT2D eigenvalue weighted by Crippen LogP contribution is -2.30. The summed E-state index contributed by atoms with van der Waals surface area (Å²) in [7, 11) is 0. The molecule has 0 aliphatic rings. The standard InChI is InChI=1S/C39H35N3O4S/c1-3-46-33-22-20-31(21-23-33)40-39(45)36(29-14-6-4-7-15-29)47-34-19-11-18-32(26-34)41-38(44)35(25-28-13-10-12-27(2)24-28)42-37(43)30-16-8-5-9-17-30/h4-26,36H,3H2,1-2H3,(H,40,45)(H,41,44)(H,42,43)/b35-25+. The van der Waals surface area contributed by atoms with Gasteiger partial charge in [-0.3, -0.25) is 14.4 Å². The van der Waals surface area contributed by atoms with Crippen LogP contribution >= 0.6 is 11.8 Å². The van der Waals surface area contributed by atoms with Gasteiger partial charge in [0.25, 0.3) is 11.8 Å². The van der Waals surface area contributed by atoms with Crippen molar-refractivity contribution in [3.05, 3.63) is 161 Å². The SMILES string of the molecule is CCOc1ccc(NC(=O)C(Sc2cccc(NC(=O)/C(=C\c3cccc(C)c3)NC(=O)c3ccccc3)c2)c2ccccc2)cc1. The van der Waals surface area contributed by atoms with Crippen LogP contribution < -0.4 is 20.7 Å². The molecule has 0 aliphatic heterocycles. The van der Waals surface area contributed by atoms with Crippen LogP contribution in [0, 0.1) is 6.92 Å². The summed E-state index contributed by atoms with van der Waals surface area (Å²) in [6.07, 6.45) is 1.65. The van der Waals surface area contributed by atoms with Crippen LogP contribution in [0.2, 0.25) is 0 Å². The number of benzene rings is 5. The van der Waals surface area contributed by atoms with Gasteiger partial charge >= 0.3 is 0 Å². The largest absolute Gasteiger partial charge is 0.494 e. The summed E-state index contributed by atoms with van der Waals surface area (Å²) in [5, 5.41) is 8.15. The number of nitrogens with one attached hydrogen (secondary N) is 3. The van der Waals surface area contributed by atoms with E-state index in [1.807, 2.05) is 117 Å². The highest BCUT2D eigenvalue weighted by atomic mass is 32.2. The van der Waals surface area contributed by atoms with Crippen LogP contribution in [-0.4, -0.2) is 24.3 Å². The molecule has 0 heterocycles. The molecule has 0 radical (unpaired) electrons. The van der Waals surface area contributed by atoms with Gasteiger partial charge in [-0.2, -0.15) is 0 Å². The third-order valence-electron chi connectivity index (χ3n) is 7.00. The van der Waals surface area contributed by atoms with Gasteiger partial charge < -0.3 is 20.7 Å². The number of carbonyl (C=O) groups is 3. The average molecular weight is 642 g/mol. The second-order valence-corrected chi connectivity index (χ2v) is 11.8. The van der Waals surface area contributed by atoms with Gasteiger partial charge in [-0.05, 0) is 85.6 Å². The van der Waals surface area contributed by atoms with Crippen molar-refractivity contribution in [2.75, 3.05) is 17.2 Å². The molecule has 7 nitrogen and oxygen atoms in total. The molecule has 3 amide bonds. The maximum absolute atomic E-state index is 13.6. The van der Waals surface area contributed by atoms with E-state index in [2.05, 4.69) is 16.0 Å². The molecule has 0 saturated heterocycles. The van der Waals surface area contributed by atoms with Crippen molar-refractivity contribution in [2.24, 2.45) is 0 Å². The van der Waals surface area contributed by atoms with E-state index in [0.717, 1.165) is 27.3 Å². The van der Waals surface area contributed by atoms with Crippen molar-refractivity contribution in [1.29, 1.82) is 0 Å². The molecule has 0 aromatic heterocycles. The first-order valence-corrected chi connectivity index (χ1v) is 16.1. The third-order valence-corrected chi connectivity index (χ3v) is 8.25. The van der Waals surface area contributed by atoms with Crippen LogP contribution in [0.4, 0.5) is 11.4 Å². The van der Waals surface area contributed by atoms with E-state index < -0.39 is 17.1 Å². The lowest BCUT2D eigenvalue weighted by molar-refractivity contribution is -0.116. The topological polar surface area (TPSA) is 96.5 Å². The first kappa shape index (κ1) is 32.8. The molecular weight excluding hydrogens is 607 g/mol. The minimum Gasteiger partial charge on any atom is -0.494 e. The highest BCUT2D eigenvalue weighted by Crippen LogP contribution is 2.37. The van der Waals surface area contributed by atoms with Crippen LogP contribution in [0.15, 0.2) is 144 Å². The highest BCUT2D eigenvalue weighted by Gasteiger charge is 2.23. The summed E-state index contributed by atoms with van der Waals surface area (Å²) in [4.78, 5) is 41.1. The fraction of sp³-hybridized carbons (Fsp3) is 0.103. The van der Waals surface area contributed by atoms with Crippen LogP contribution in [0.5, 0.6) is 5.75 Å². The van der Waals surface area contributed by atoms with Crippen molar-refractivity contribution >= 4 is 46.9 Å². The molecule has 1 atom stereocenters. The Morgan fingerprint density at radius 3 is 2.15 bits per heavy atom. The Labute approximate surface area is 279 Å². The van der Waals surface area contributed by atoms with Gasteiger partial charge in [-0.15, -0.1) is 11.8 Å². The maximum atomic E-state index is 13.6. The number of hydrogen-bond donors (Lipinski definition) is 3. The van der Waals surface area contributed by atoms with E-state index >= 15 is 0 Å². The van der Waals surface area contributed by atoms with E-state index in [-0.39, 0.29) is 11.6 Å². The van der Waals surface area contributed by atoms with Crippen molar-refractivity contribution in [1.82, 2.24) is 5.32 Å². The number of thioether (sulfide) groups is 1. The van der Waals surface area contributed by atoms with Gasteiger partial charge in [0.05, 0.1) is 6.61 Å². The molecule has 3 N–H and O–H groups in total. The zero-order valence-corrected chi connectivity index (χ0v) is 26.9. The summed E-state index contributed by atoms with van der Waals surface area (Å²) in [5.41, 5.74) is 4.34. The maximum Gasteiger partial charge on any atom is 0.272 e. The quantitative estimate of drug-likeness (QED) is 0.0941. The van der Waals surface area contributed by atoms with E-state index in [4.69, 9.17) is 4.74 Å². The molecule has 47 heavy (non-hydrogen) atoms. The van der Waals surface area contributed by atoms with Crippen molar-refractivity contribution in [2.45, 2.75) is 24.0 Å². The van der Waals surface area contributed by atoms with Crippen molar-refractivity contribution in [3.63, 3.8) is 0 Å². The second-order valence-electron chi connectivity index (χ2n) is 10.6. The molecule has 0 spiro atoms. The molecule has 0 aliphatic carbocycles. The third kappa shape index (κ3) is 9.45. The average Bonchev–Trinajstić information content (AvgIpc) is 3.09. The Morgan fingerprint density at radius 2 is 1.45 bits per heavy atom. The fourth-order valence-corrected chi connectivity index (χ4v) is 5.84. The predicted octanol–water partition coefficient (Wildman–Crippen LogP) is 8.28. The summed E-state index contributed by atoms with van der Waals surface area (Å²) >= 11 is 1.37. The summed E-state index contributed by atoms with van der Waals surface area (Å²) in [5.74, 6) is -0.333. The molecule has 1 unspecified atom stereocenters. The number of hydrogen-bond acceptors (Lipinski definition) is 5. The molecule has 5 rings (SSSR count). The Hall–Kier alpha value is -5.60. The van der Waals surface area contributed by atoms with E-state index in [0.29, 0.717) is 23.5 Å². The van der Waals surface area contributed by atoms with Gasteiger partial charge in [0.15, 0.2) is 0 Å². The zero-order chi connectivity index (χ0) is 33.0. The Bertz CT molecular complexity index is 1860. The number of aryl methyl sites for hydroxylation is 1. The van der Waals surface area contributed by atoms with Crippen LogP contribution in [0.3, 0.4) is 0 Å². The van der Waals surface area contributed by atoms with E-state index in [1.165, 1.54) is 11.8 Å². The van der Waals surface area contributed by atoms with Crippen LogP contribution in [0.1, 0.15) is 39.2 Å². The molecule has 5 aromatic rings. The van der Waals surface area contributed by atoms with Crippen molar-refractivity contribution < 1.29 is 19.1 Å². The summed E-state index contributed by atoms with van der Waals surface area (Å²) < 4.78 is 5.52. The molecular formula is C39H35N3O4S. The molecule has 0 fully saturated rings. The van der Waals surface area contributed by atoms with E-state index in [1.54, 1.807) is 36.4 Å².